The van der Waals surface area contributed by atoms with E-state index in [2.05, 4.69) is 5.32 Å². The summed E-state index contributed by atoms with van der Waals surface area (Å²) >= 11 is 17.5. The standard InChI is InChI=1S/C16H9Cl3N2O3/c17-8-1-3-9(4-2-8)20-14(22)7-21-15(23)10-5-12(18)13(19)6-11(10)16(21)24/h1-6H,7H2,(H,20,22). The molecule has 0 bridgehead atoms. The molecule has 0 spiro atoms. The fourth-order valence-corrected chi connectivity index (χ4v) is 2.76. The molecule has 1 aliphatic heterocycles. The van der Waals surface area contributed by atoms with Crippen LogP contribution in [0.5, 0.6) is 0 Å². The number of hydrogen-bond donors (Lipinski definition) is 1. The first kappa shape index (κ1) is 16.8. The van der Waals surface area contributed by atoms with Crippen LogP contribution in [-0.2, 0) is 4.79 Å². The maximum atomic E-state index is 12.3. The second-order valence-corrected chi connectivity index (χ2v) is 6.31. The van der Waals surface area contributed by atoms with Crippen LogP contribution in [0.1, 0.15) is 20.7 Å². The number of benzene rings is 2. The molecule has 5 nitrogen and oxygen atoms in total. The van der Waals surface area contributed by atoms with E-state index < -0.39 is 24.3 Å². The molecular formula is C16H9Cl3N2O3. The summed E-state index contributed by atoms with van der Waals surface area (Å²) in [5.74, 6) is -1.68. The van der Waals surface area contributed by atoms with Crippen molar-refractivity contribution in [2.45, 2.75) is 0 Å². The Labute approximate surface area is 152 Å². The molecule has 0 saturated heterocycles. The molecule has 1 N–H and O–H groups in total. The van der Waals surface area contributed by atoms with Gasteiger partial charge in [0.2, 0.25) is 5.91 Å². The molecule has 2 aromatic carbocycles. The molecule has 0 aliphatic carbocycles. The number of halogens is 3. The summed E-state index contributed by atoms with van der Waals surface area (Å²) in [6.45, 7) is -0.412. The van der Waals surface area contributed by atoms with Gasteiger partial charge >= 0.3 is 0 Å². The summed E-state index contributed by atoms with van der Waals surface area (Å²) in [6, 6.07) is 9.11. The van der Waals surface area contributed by atoms with Crippen molar-refractivity contribution in [1.29, 1.82) is 0 Å². The molecule has 24 heavy (non-hydrogen) atoms. The predicted octanol–water partition coefficient (Wildman–Crippen LogP) is 3.88. The summed E-state index contributed by atoms with van der Waals surface area (Å²) < 4.78 is 0. The fraction of sp³-hybridized carbons (Fsp3) is 0.0625. The summed E-state index contributed by atoms with van der Waals surface area (Å²) in [6.07, 6.45) is 0. The topological polar surface area (TPSA) is 66.5 Å². The van der Waals surface area contributed by atoms with Gasteiger partial charge in [-0.2, -0.15) is 0 Å². The first-order valence-electron chi connectivity index (χ1n) is 6.77. The Morgan fingerprint density at radius 3 is 1.92 bits per heavy atom. The average molecular weight is 384 g/mol. The molecule has 0 unspecified atom stereocenters. The minimum atomic E-state index is -0.583. The molecule has 0 fully saturated rings. The zero-order valence-corrected chi connectivity index (χ0v) is 14.2. The lowest BCUT2D eigenvalue weighted by atomic mass is 10.1. The van der Waals surface area contributed by atoms with Crippen LogP contribution in [0.4, 0.5) is 5.69 Å². The van der Waals surface area contributed by atoms with E-state index >= 15 is 0 Å². The number of amides is 3. The van der Waals surface area contributed by atoms with Crippen LogP contribution in [-0.4, -0.2) is 29.2 Å². The molecule has 3 rings (SSSR count). The first-order valence-corrected chi connectivity index (χ1v) is 7.91. The zero-order chi connectivity index (χ0) is 17.4. The third-order valence-electron chi connectivity index (χ3n) is 3.44. The van der Waals surface area contributed by atoms with Gasteiger partial charge in [0.1, 0.15) is 6.54 Å². The van der Waals surface area contributed by atoms with E-state index in [1.165, 1.54) is 12.1 Å². The Bertz CT molecular complexity index is 825. The number of nitrogens with zero attached hydrogens (tertiary/aromatic N) is 1. The lowest BCUT2D eigenvalue weighted by Gasteiger charge is -2.13. The Morgan fingerprint density at radius 1 is 0.917 bits per heavy atom. The molecule has 1 aliphatic rings. The van der Waals surface area contributed by atoms with Gasteiger partial charge in [0, 0.05) is 10.7 Å². The highest BCUT2D eigenvalue weighted by atomic mass is 35.5. The number of fused-ring (bicyclic) bond motifs is 1. The second-order valence-electron chi connectivity index (χ2n) is 5.06. The molecule has 2 aromatic rings. The van der Waals surface area contributed by atoms with E-state index in [4.69, 9.17) is 34.8 Å². The highest BCUT2D eigenvalue weighted by molar-refractivity contribution is 6.43. The third-order valence-corrected chi connectivity index (χ3v) is 4.42. The van der Waals surface area contributed by atoms with Gasteiger partial charge in [-0.3, -0.25) is 19.3 Å². The van der Waals surface area contributed by atoms with Crippen molar-refractivity contribution in [3.63, 3.8) is 0 Å². The molecule has 8 heteroatoms. The van der Waals surface area contributed by atoms with Crippen molar-refractivity contribution in [2.24, 2.45) is 0 Å². The van der Waals surface area contributed by atoms with Gasteiger partial charge in [0.05, 0.1) is 21.2 Å². The normalized spacial score (nSPS) is 13.2. The van der Waals surface area contributed by atoms with Crippen LogP contribution in [0, 0.1) is 0 Å². The maximum absolute atomic E-state index is 12.3. The highest BCUT2D eigenvalue weighted by Gasteiger charge is 2.37. The largest absolute Gasteiger partial charge is 0.325 e. The number of carbonyl (C=O) groups is 3. The Balaban J connectivity index is 1.76. The minimum absolute atomic E-state index is 0.133. The van der Waals surface area contributed by atoms with E-state index in [0.717, 1.165) is 4.90 Å². The van der Waals surface area contributed by atoms with Crippen molar-refractivity contribution in [3.05, 3.63) is 62.6 Å². The maximum Gasteiger partial charge on any atom is 0.262 e. The van der Waals surface area contributed by atoms with E-state index in [0.29, 0.717) is 10.7 Å². The molecule has 0 saturated carbocycles. The van der Waals surface area contributed by atoms with Crippen LogP contribution in [0.15, 0.2) is 36.4 Å². The fourth-order valence-electron chi connectivity index (χ4n) is 2.30. The number of nitrogens with one attached hydrogen (secondary N) is 1. The number of hydrogen-bond acceptors (Lipinski definition) is 3. The van der Waals surface area contributed by atoms with E-state index in [9.17, 15) is 14.4 Å². The van der Waals surface area contributed by atoms with Gasteiger partial charge in [-0.25, -0.2) is 0 Å². The SMILES string of the molecule is O=C(CN1C(=O)c2cc(Cl)c(Cl)cc2C1=O)Nc1ccc(Cl)cc1. The number of carbonyl (C=O) groups excluding carboxylic acids is 3. The molecule has 0 aromatic heterocycles. The third kappa shape index (κ3) is 3.11. The van der Waals surface area contributed by atoms with Gasteiger partial charge in [-0.15, -0.1) is 0 Å². The lowest BCUT2D eigenvalue weighted by Crippen LogP contribution is -2.37. The van der Waals surface area contributed by atoms with Crippen LogP contribution in [0.3, 0.4) is 0 Å². The smallest absolute Gasteiger partial charge is 0.262 e. The number of anilines is 1. The zero-order valence-electron chi connectivity index (χ0n) is 12.0. The molecule has 1 heterocycles. The van der Waals surface area contributed by atoms with Crippen molar-refractivity contribution in [1.82, 2.24) is 4.90 Å². The van der Waals surface area contributed by atoms with Crippen molar-refractivity contribution >= 4 is 58.2 Å². The Morgan fingerprint density at radius 2 is 1.42 bits per heavy atom. The summed E-state index contributed by atoms with van der Waals surface area (Å²) in [5.41, 5.74) is 0.773. The molecular weight excluding hydrogens is 375 g/mol. The van der Waals surface area contributed by atoms with Crippen molar-refractivity contribution in [3.8, 4) is 0 Å². The Kier molecular flexibility index (Phi) is 4.49. The van der Waals surface area contributed by atoms with Gasteiger partial charge < -0.3 is 5.32 Å². The van der Waals surface area contributed by atoms with Gasteiger partial charge in [0.25, 0.3) is 11.8 Å². The summed E-state index contributed by atoms with van der Waals surface area (Å²) in [7, 11) is 0. The van der Waals surface area contributed by atoms with Gasteiger partial charge in [-0.1, -0.05) is 34.8 Å². The molecule has 0 atom stereocenters. The number of rotatable bonds is 3. The van der Waals surface area contributed by atoms with Gasteiger partial charge in [0.15, 0.2) is 0 Å². The molecule has 122 valence electrons. The van der Waals surface area contributed by atoms with Crippen LogP contribution < -0.4 is 5.32 Å². The van der Waals surface area contributed by atoms with E-state index in [1.807, 2.05) is 0 Å². The van der Waals surface area contributed by atoms with Gasteiger partial charge in [-0.05, 0) is 36.4 Å². The average Bonchev–Trinajstić information content (AvgIpc) is 2.75. The van der Waals surface area contributed by atoms with Crippen LogP contribution in [0.25, 0.3) is 0 Å². The quantitative estimate of drug-likeness (QED) is 0.818. The van der Waals surface area contributed by atoms with Crippen LogP contribution in [0.2, 0.25) is 15.1 Å². The van der Waals surface area contributed by atoms with Crippen molar-refractivity contribution < 1.29 is 14.4 Å². The first-order chi connectivity index (χ1) is 11.4. The minimum Gasteiger partial charge on any atom is -0.325 e. The lowest BCUT2D eigenvalue weighted by molar-refractivity contribution is -0.116. The predicted molar refractivity (Wildman–Crippen MR) is 91.9 cm³/mol. The van der Waals surface area contributed by atoms with E-state index in [-0.39, 0.29) is 21.2 Å². The molecule has 3 amide bonds. The highest BCUT2D eigenvalue weighted by Crippen LogP contribution is 2.31. The van der Waals surface area contributed by atoms with Crippen LogP contribution >= 0.6 is 34.8 Å². The summed E-state index contributed by atoms with van der Waals surface area (Å²) in [5, 5.41) is 3.46. The molecule has 0 radical (unpaired) electrons. The second kappa shape index (κ2) is 6.43. The van der Waals surface area contributed by atoms with E-state index in [1.54, 1.807) is 24.3 Å². The monoisotopic (exact) mass is 382 g/mol. The summed E-state index contributed by atoms with van der Waals surface area (Å²) in [4.78, 5) is 37.6. The van der Waals surface area contributed by atoms with Crippen molar-refractivity contribution in [2.75, 3.05) is 11.9 Å². The number of imide groups is 1. The Hall–Kier alpha value is -2.08.